The maximum atomic E-state index is 2.49. The van der Waals surface area contributed by atoms with Crippen LogP contribution in [-0.2, 0) is 19.3 Å². The van der Waals surface area contributed by atoms with E-state index < -0.39 is 7.92 Å². The molecule has 1 heteroatoms. The third-order valence-corrected chi connectivity index (χ3v) is 9.23. The van der Waals surface area contributed by atoms with Crippen LogP contribution in [0.5, 0.6) is 0 Å². The molecule has 0 spiro atoms. The molecule has 0 saturated carbocycles. The standard InChI is InChI=1S/C30H39P/c1-7-13-25-19-21-30(28(15-9-3)27(25)14-8-2)31(26-16-11-10-12-17-26)29-20-18-22(4)23(5)24(29)6/h10-12,16-21H,7-9,13-15H2,1-6H3. The van der Waals surface area contributed by atoms with Gasteiger partial charge >= 0.3 is 0 Å². The smallest absolute Gasteiger partial charge is 0.0116 e. The van der Waals surface area contributed by atoms with Crippen LogP contribution in [0.3, 0.4) is 0 Å². The van der Waals surface area contributed by atoms with Crippen molar-refractivity contribution in [1.29, 1.82) is 0 Å². The van der Waals surface area contributed by atoms with Gasteiger partial charge in [-0.3, -0.25) is 0 Å². The van der Waals surface area contributed by atoms with Gasteiger partial charge in [0.15, 0.2) is 0 Å². The highest BCUT2D eigenvalue weighted by Crippen LogP contribution is 2.38. The van der Waals surface area contributed by atoms with Crippen molar-refractivity contribution < 1.29 is 0 Å². The highest BCUT2D eigenvalue weighted by Gasteiger charge is 2.24. The number of hydrogen-bond donors (Lipinski definition) is 0. The van der Waals surface area contributed by atoms with Gasteiger partial charge in [-0.05, 0) is 97.2 Å². The minimum Gasteiger partial charge on any atom is -0.0651 e. The summed E-state index contributed by atoms with van der Waals surface area (Å²) in [5.41, 5.74) is 9.16. The van der Waals surface area contributed by atoms with Gasteiger partial charge in [0.25, 0.3) is 0 Å². The van der Waals surface area contributed by atoms with Gasteiger partial charge in [0.05, 0.1) is 0 Å². The topological polar surface area (TPSA) is 0 Å². The summed E-state index contributed by atoms with van der Waals surface area (Å²) in [6, 6.07) is 20.9. The Bertz CT molecular complexity index is 1000. The average Bonchev–Trinajstić information content (AvgIpc) is 2.78. The molecule has 1 atom stereocenters. The van der Waals surface area contributed by atoms with Gasteiger partial charge in [0, 0.05) is 0 Å². The Balaban J connectivity index is 2.32. The van der Waals surface area contributed by atoms with E-state index >= 15 is 0 Å². The molecule has 31 heavy (non-hydrogen) atoms. The molecule has 1 unspecified atom stereocenters. The highest BCUT2D eigenvalue weighted by atomic mass is 31.1. The fourth-order valence-electron chi connectivity index (χ4n) is 4.70. The summed E-state index contributed by atoms with van der Waals surface area (Å²) in [5.74, 6) is 0. The van der Waals surface area contributed by atoms with Crippen LogP contribution in [0.15, 0.2) is 54.6 Å². The Morgan fingerprint density at radius 3 is 1.84 bits per heavy atom. The quantitative estimate of drug-likeness (QED) is 0.314. The third-order valence-electron chi connectivity index (χ3n) is 6.55. The molecule has 0 nitrogen and oxygen atoms in total. The first kappa shape index (κ1) is 23.7. The number of benzene rings is 3. The lowest BCUT2D eigenvalue weighted by atomic mass is 9.92. The van der Waals surface area contributed by atoms with E-state index in [0.717, 1.165) is 0 Å². The van der Waals surface area contributed by atoms with Gasteiger partial charge in [-0.15, -0.1) is 0 Å². The Labute approximate surface area is 191 Å². The molecule has 0 saturated heterocycles. The van der Waals surface area contributed by atoms with E-state index in [9.17, 15) is 0 Å². The van der Waals surface area contributed by atoms with E-state index in [-0.39, 0.29) is 0 Å². The molecule has 0 aliphatic heterocycles. The number of aryl methyl sites for hydroxylation is 2. The molecular formula is C30H39P. The normalized spacial score (nSPS) is 12.2. The molecule has 164 valence electrons. The minimum absolute atomic E-state index is 0.576. The lowest BCUT2D eigenvalue weighted by molar-refractivity contribution is 0.829. The van der Waals surface area contributed by atoms with Gasteiger partial charge in [-0.1, -0.05) is 94.6 Å². The predicted octanol–water partition coefficient (Wildman–Crippen LogP) is 7.23. The summed E-state index contributed by atoms with van der Waals surface area (Å²) >= 11 is 0. The summed E-state index contributed by atoms with van der Waals surface area (Å²) < 4.78 is 0. The van der Waals surface area contributed by atoms with Crippen LogP contribution in [0.2, 0.25) is 0 Å². The van der Waals surface area contributed by atoms with Gasteiger partial charge in [0.1, 0.15) is 0 Å². The molecule has 0 fully saturated rings. The second-order valence-corrected chi connectivity index (χ2v) is 10.9. The van der Waals surface area contributed by atoms with Crippen molar-refractivity contribution in [3.8, 4) is 0 Å². The van der Waals surface area contributed by atoms with E-state index in [0.29, 0.717) is 0 Å². The SMILES string of the molecule is CCCc1ccc(P(c2ccccc2)c2ccc(C)c(C)c2C)c(CCC)c1CCC. The Kier molecular flexibility index (Phi) is 8.50. The summed E-state index contributed by atoms with van der Waals surface area (Å²) in [5, 5.41) is 4.57. The van der Waals surface area contributed by atoms with E-state index in [1.54, 1.807) is 22.0 Å². The van der Waals surface area contributed by atoms with Crippen molar-refractivity contribution in [2.75, 3.05) is 0 Å². The van der Waals surface area contributed by atoms with Crippen LogP contribution in [0.25, 0.3) is 0 Å². The zero-order valence-electron chi connectivity index (χ0n) is 20.4. The molecule has 0 N–H and O–H groups in total. The van der Waals surface area contributed by atoms with Crippen LogP contribution in [0.1, 0.15) is 73.4 Å². The first-order valence-electron chi connectivity index (χ1n) is 12.1. The van der Waals surface area contributed by atoms with E-state index in [1.165, 1.54) is 65.8 Å². The largest absolute Gasteiger partial charge is 0.0651 e. The van der Waals surface area contributed by atoms with Crippen LogP contribution in [0.4, 0.5) is 0 Å². The molecule has 0 aromatic heterocycles. The second kappa shape index (κ2) is 11.1. The number of hydrogen-bond acceptors (Lipinski definition) is 0. The van der Waals surface area contributed by atoms with Crippen LogP contribution in [-0.4, -0.2) is 0 Å². The Hall–Kier alpha value is -1.91. The first-order valence-corrected chi connectivity index (χ1v) is 13.4. The van der Waals surface area contributed by atoms with E-state index in [2.05, 4.69) is 96.1 Å². The van der Waals surface area contributed by atoms with Crippen molar-refractivity contribution in [2.45, 2.75) is 80.1 Å². The van der Waals surface area contributed by atoms with Gasteiger partial charge in [-0.2, -0.15) is 0 Å². The van der Waals surface area contributed by atoms with Gasteiger partial charge in [0.2, 0.25) is 0 Å². The Morgan fingerprint density at radius 1 is 0.581 bits per heavy atom. The summed E-state index contributed by atoms with van der Waals surface area (Å²) in [6.07, 6.45) is 7.19. The van der Waals surface area contributed by atoms with Gasteiger partial charge in [-0.25, -0.2) is 0 Å². The zero-order valence-corrected chi connectivity index (χ0v) is 21.3. The molecule has 0 aliphatic carbocycles. The molecule has 3 aromatic rings. The van der Waals surface area contributed by atoms with Crippen molar-refractivity contribution >= 4 is 23.8 Å². The lowest BCUT2D eigenvalue weighted by Gasteiger charge is -2.27. The van der Waals surface area contributed by atoms with Gasteiger partial charge < -0.3 is 0 Å². The zero-order chi connectivity index (χ0) is 22.4. The molecule has 0 amide bonds. The van der Waals surface area contributed by atoms with Crippen molar-refractivity contribution in [2.24, 2.45) is 0 Å². The van der Waals surface area contributed by atoms with E-state index in [1.807, 2.05) is 0 Å². The molecule has 3 rings (SSSR count). The summed E-state index contributed by atoms with van der Waals surface area (Å²) in [4.78, 5) is 0. The maximum Gasteiger partial charge on any atom is -0.0116 e. The van der Waals surface area contributed by atoms with E-state index in [4.69, 9.17) is 0 Å². The van der Waals surface area contributed by atoms with Crippen LogP contribution in [0, 0.1) is 20.8 Å². The highest BCUT2D eigenvalue weighted by molar-refractivity contribution is 7.80. The maximum absolute atomic E-state index is 2.49. The molecule has 0 radical (unpaired) electrons. The van der Waals surface area contributed by atoms with Crippen LogP contribution < -0.4 is 15.9 Å². The monoisotopic (exact) mass is 430 g/mol. The average molecular weight is 431 g/mol. The lowest BCUT2D eigenvalue weighted by Crippen LogP contribution is -2.27. The third kappa shape index (κ3) is 5.12. The van der Waals surface area contributed by atoms with Crippen molar-refractivity contribution in [3.63, 3.8) is 0 Å². The Morgan fingerprint density at radius 2 is 1.19 bits per heavy atom. The molecule has 0 bridgehead atoms. The van der Waals surface area contributed by atoms with Crippen molar-refractivity contribution in [1.82, 2.24) is 0 Å². The fraction of sp³-hybridized carbons (Fsp3) is 0.400. The summed E-state index contributed by atoms with van der Waals surface area (Å²) in [7, 11) is -0.576. The predicted molar refractivity (Wildman–Crippen MR) is 141 cm³/mol. The van der Waals surface area contributed by atoms with Crippen molar-refractivity contribution in [3.05, 3.63) is 88.0 Å². The number of rotatable bonds is 9. The molecule has 3 aromatic carbocycles. The summed E-state index contributed by atoms with van der Waals surface area (Å²) in [6.45, 7) is 13.8. The molecule has 0 aliphatic rings. The molecular weight excluding hydrogens is 391 g/mol. The minimum atomic E-state index is -0.576. The fourth-order valence-corrected chi connectivity index (χ4v) is 7.45. The first-order chi connectivity index (χ1) is 15.0. The second-order valence-electron chi connectivity index (χ2n) is 8.77. The van der Waals surface area contributed by atoms with Crippen LogP contribution >= 0.6 is 7.92 Å². The molecule has 0 heterocycles.